The highest BCUT2D eigenvalue weighted by Crippen LogP contribution is 2.31. The second-order valence-corrected chi connectivity index (χ2v) is 5.28. The molecule has 0 bridgehead atoms. The lowest BCUT2D eigenvalue weighted by atomic mass is 10.2. The second kappa shape index (κ2) is 5.66. The maximum atomic E-state index is 12.7. The molecule has 0 amide bonds. The molecular formula is C13H10F3IN2O2. The maximum absolute atomic E-state index is 12.7. The van der Waals surface area contributed by atoms with Gasteiger partial charge in [-0.2, -0.15) is 18.3 Å². The first-order valence-electron chi connectivity index (χ1n) is 5.76. The van der Waals surface area contributed by atoms with Gasteiger partial charge in [0.15, 0.2) is 5.69 Å². The van der Waals surface area contributed by atoms with E-state index in [4.69, 9.17) is 0 Å². The van der Waals surface area contributed by atoms with Gasteiger partial charge in [-0.15, -0.1) is 0 Å². The molecule has 0 radical (unpaired) electrons. The molecule has 1 aromatic heterocycles. The largest absolute Gasteiger partial charge is 0.464 e. The number of carbonyl (C=O) groups is 1. The monoisotopic (exact) mass is 410 g/mol. The van der Waals surface area contributed by atoms with E-state index >= 15 is 0 Å². The van der Waals surface area contributed by atoms with Crippen molar-refractivity contribution in [2.45, 2.75) is 13.1 Å². The summed E-state index contributed by atoms with van der Waals surface area (Å²) in [7, 11) is 1.22. The fourth-order valence-electron chi connectivity index (χ4n) is 1.78. The number of ether oxygens (including phenoxy) is 1. The van der Waals surface area contributed by atoms with Crippen LogP contribution in [0.5, 0.6) is 0 Å². The molecular weight excluding hydrogens is 400 g/mol. The summed E-state index contributed by atoms with van der Waals surface area (Å²) >= 11 is 1.91. The molecule has 0 saturated heterocycles. The summed E-state index contributed by atoms with van der Waals surface area (Å²) in [5.41, 5.74) is 0.100. The molecule has 1 aromatic carbocycles. The molecule has 0 saturated carbocycles. The number of aromatic nitrogens is 2. The summed E-state index contributed by atoms with van der Waals surface area (Å²) in [4.78, 5) is 11.6. The number of rotatable bonds is 2. The topological polar surface area (TPSA) is 44.1 Å². The van der Waals surface area contributed by atoms with Crippen molar-refractivity contribution in [3.63, 3.8) is 0 Å². The Labute approximate surface area is 132 Å². The zero-order valence-corrected chi connectivity index (χ0v) is 13.2. The highest BCUT2D eigenvalue weighted by Gasteiger charge is 2.31. The highest BCUT2D eigenvalue weighted by molar-refractivity contribution is 14.1. The van der Waals surface area contributed by atoms with Crippen molar-refractivity contribution in [1.82, 2.24) is 9.78 Å². The van der Waals surface area contributed by atoms with E-state index in [9.17, 15) is 18.0 Å². The first kappa shape index (κ1) is 15.8. The van der Waals surface area contributed by atoms with E-state index in [1.165, 1.54) is 23.9 Å². The van der Waals surface area contributed by atoms with E-state index in [1.54, 1.807) is 6.92 Å². The average molecular weight is 410 g/mol. The summed E-state index contributed by atoms with van der Waals surface area (Å²) < 4.78 is 44.7. The number of halogens is 4. The molecule has 0 unspecified atom stereocenters. The molecule has 0 fully saturated rings. The molecule has 112 valence electrons. The minimum atomic E-state index is -4.44. The van der Waals surface area contributed by atoms with Gasteiger partial charge in [-0.25, -0.2) is 9.48 Å². The molecule has 0 N–H and O–H groups in total. The summed E-state index contributed by atoms with van der Waals surface area (Å²) in [5, 5.41) is 4.04. The van der Waals surface area contributed by atoms with E-state index in [-0.39, 0.29) is 11.4 Å². The number of nitrogens with zero attached hydrogens (tertiary/aromatic N) is 2. The Morgan fingerprint density at radius 1 is 1.38 bits per heavy atom. The fourth-order valence-corrected chi connectivity index (χ4v) is 2.33. The van der Waals surface area contributed by atoms with Gasteiger partial charge in [0.2, 0.25) is 0 Å². The van der Waals surface area contributed by atoms with Crippen LogP contribution in [-0.2, 0) is 10.9 Å². The number of carbonyl (C=O) groups excluding carboxylic acids is 1. The SMILES string of the molecule is COC(=O)c1nn(-c2cccc(C(F)(F)F)c2)c(C)c1I. The summed E-state index contributed by atoms with van der Waals surface area (Å²) in [5.74, 6) is -0.631. The summed E-state index contributed by atoms with van der Waals surface area (Å²) in [6.07, 6.45) is -4.44. The molecule has 21 heavy (non-hydrogen) atoms. The molecule has 0 spiro atoms. The number of benzene rings is 1. The molecule has 1 heterocycles. The Morgan fingerprint density at radius 2 is 2.05 bits per heavy atom. The summed E-state index contributed by atoms with van der Waals surface area (Å²) in [6.45, 7) is 1.67. The molecule has 0 aliphatic rings. The van der Waals surface area contributed by atoms with Gasteiger partial charge in [0, 0.05) is 0 Å². The zero-order chi connectivity index (χ0) is 15.8. The van der Waals surface area contributed by atoms with Gasteiger partial charge in [-0.1, -0.05) is 6.07 Å². The lowest BCUT2D eigenvalue weighted by molar-refractivity contribution is -0.137. The average Bonchev–Trinajstić information content (AvgIpc) is 2.74. The molecule has 2 rings (SSSR count). The lowest BCUT2D eigenvalue weighted by Gasteiger charge is -2.09. The van der Waals surface area contributed by atoms with Crippen LogP contribution >= 0.6 is 22.6 Å². The van der Waals surface area contributed by atoms with Crippen molar-refractivity contribution in [2.75, 3.05) is 7.11 Å². The Morgan fingerprint density at radius 3 is 2.62 bits per heavy atom. The molecule has 0 atom stereocenters. The Kier molecular flexibility index (Phi) is 4.26. The summed E-state index contributed by atoms with van der Waals surface area (Å²) in [6, 6.07) is 4.75. The molecule has 8 heteroatoms. The van der Waals surface area contributed by atoms with Crippen LogP contribution in [0.2, 0.25) is 0 Å². The number of hydrogen-bond acceptors (Lipinski definition) is 3. The third-order valence-electron chi connectivity index (χ3n) is 2.84. The van der Waals surface area contributed by atoms with Crippen LogP contribution in [-0.4, -0.2) is 22.9 Å². The maximum Gasteiger partial charge on any atom is 0.416 e. The Balaban J connectivity index is 2.55. The third kappa shape index (κ3) is 3.04. The van der Waals surface area contributed by atoms with Gasteiger partial charge in [0.25, 0.3) is 0 Å². The van der Waals surface area contributed by atoms with Crippen molar-refractivity contribution < 1.29 is 22.7 Å². The number of hydrogen-bond donors (Lipinski definition) is 0. The molecule has 2 aromatic rings. The van der Waals surface area contributed by atoms with E-state index < -0.39 is 17.7 Å². The first-order valence-corrected chi connectivity index (χ1v) is 6.84. The van der Waals surface area contributed by atoms with Crippen molar-refractivity contribution in [2.24, 2.45) is 0 Å². The van der Waals surface area contributed by atoms with Crippen LogP contribution in [0.4, 0.5) is 13.2 Å². The Bertz CT molecular complexity index is 695. The number of esters is 1. The van der Waals surface area contributed by atoms with Gasteiger partial charge in [0.05, 0.1) is 27.6 Å². The smallest absolute Gasteiger partial charge is 0.416 e. The predicted molar refractivity (Wildman–Crippen MR) is 77.4 cm³/mol. The second-order valence-electron chi connectivity index (χ2n) is 4.20. The van der Waals surface area contributed by atoms with Gasteiger partial charge < -0.3 is 4.74 Å². The normalized spacial score (nSPS) is 11.5. The lowest BCUT2D eigenvalue weighted by Crippen LogP contribution is -2.08. The number of alkyl halides is 3. The van der Waals surface area contributed by atoms with E-state index in [2.05, 4.69) is 9.84 Å². The minimum Gasteiger partial charge on any atom is -0.464 e. The Hall–Kier alpha value is -1.58. The van der Waals surface area contributed by atoms with E-state index in [0.29, 0.717) is 9.26 Å². The van der Waals surface area contributed by atoms with E-state index in [1.807, 2.05) is 22.6 Å². The van der Waals surface area contributed by atoms with Crippen molar-refractivity contribution >= 4 is 28.6 Å². The van der Waals surface area contributed by atoms with Crippen LogP contribution in [0, 0.1) is 10.5 Å². The van der Waals surface area contributed by atoms with Crippen LogP contribution in [0.1, 0.15) is 21.7 Å². The molecule has 0 aliphatic carbocycles. The van der Waals surface area contributed by atoms with Crippen molar-refractivity contribution in [3.8, 4) is 5.69 Å². The predicted octanol–water partition coefficient (Wildman–Crippen LogP) is 3.59. The highest BCUT2D eigenvalue weighted by atomic mass is 127. The quantitative estimate of drug-likeness (QED) is 0.562. The fraction of sp³-hybridized carbons (Fsp3) is 0.231. The van der Waals surface area contributed by atoms with Gasteiger partial charge in [-0.05, 0) is 47.7 Å². The minimum absolute atomic E-state index is 0.0769. The van der Waals surface area contributed by atoms with Gasteiger partial charge in [-0.3, -0.25) is 0 Å². The molecule has 4 nitrogen and oxygen atoms in total. The van der Waals surface area contributed by atoms with Crippen molar-refractivity contribution in [1.29, 1.82) is 0 Å². The first-order chi connectivity index (χ1) is 9.75. The van der Waals surface area contributed by atoms with E-state index in [0.717, 1.165) is 12.1 Å². The van der Waals surface area contributed by atoms with Crippen LogP contribution in [0.3, 0.4) is 0 Å². The van der Waals surface area contributed by atoms with Crippen LogP contribution < -0.4 is 0 Å². The number of methoxy groups -OCH3 is 1. The van der Waals surface area contributed by atoms with Crippen LogP contribution in [0.25, 0.3) is 5.69 Å². The molecule has 0 aliphatic heterocycles. The van der Waals surface area contributed by atoms with Crippen molar-refractivity contribution in [3.05, 3.63) is 44.8 Å². The standard InChI is InChI=1S/C13H10F3IN2O2/c1-7-10(17)11(12(20)21-2)18-19(7)9-5-3-4-8(6-9)13(14,15)16/h3-6H,1-2H3. The third-order valence-corrected chi connectivity index (χ3v) is 4.13. The van der Waals surface area contributed by atoms with Gasteiger partial charge in [0.1, 0.15) is 0 Å². The van der Waals surface area contributed by atoms with Gasteiger partial charge >= 0.3 is 12.1 Å². The zero-order valence-electron chi connectivity index (χ0n) is 11.0. The van der Waals surface area contributed by atoms with Crippen LogP contribution in [0.15, 0.2) is 24.3 Å².